The lowest BCUT2D eigenvalue weighted by molar-refractivity contribution is -0.132. The Hall–Kier alpha value is -2.13. The Bertz CT molecular complexity index is 676. The van der Waals surface area contributed by atoms with Crippen LogP contribution in [0, 0.1) is 0 Å². The molecule has 3 N–H and O–H groups in total. The molecule has 1 fully saturated rings. The highest BCUT2D eigenvalue weighted by Gasteiger charge is 2.56. The third kappa shape index (κ3) is 3.36. The van der Waals surface area contributed by atoms with E-state index in [1.807, 2.05) is 0 Å². The average Bonchev–Trinajstić information content (AvgIpc) is 2.76. The molecule has 1 atom stereocenters. The van der Waals surface area contributed by atoms with E-state index in [-0.39, 0.29) is 6.61 Å². The molecule has 0 aromatic heterocycles. The van der Waals surface area contributed by atoms with Crippen LogP contribution in [0.5, 0.6) is 0 Å². The zero-order valence-electron chi connectivity index (χ0n) is 13.4. The molecule has 9 heteroatoms. The first-order chi connectivity index (χ1) is 11.1. The van der Waals surface area contributed by atoms with E-state index >= 15 is 0 Å². The van der Waals surface area contributed by atoms with E-state index in [4.69, 9.17) is 4.74 Å². The van der Waals surface area contributed by atoms with Gasteiger partial charge in [-0.15, -0.1) is 0 Å². The van der Waals surface area contributed by atoms with E-state index in [2.05, 4.69) is 26.8 Å². The van der Waals surface area contributed by atoms with Crippen molar-refractivity contribution in [2.45, 2.75) is 32.0 Å². The van der Waals surface area contributed by atoms with Crippen LogP contribution in [0.25, 0.3) is 0 Å². The van der Waals surface area contributed by atoms with Gasteiger partial charge >= 0.3 is 6.09 Å². The highest BCUT2D eigenvalue weighted by atomic mass is 79.9. The Labute approximate surface area is 147 Å². The highest BCUT2D eigenvalue weighted by Crippen LogP contribution is 2.34. The van der Waals surface area contributed by atoms with Crippen LogP contribution in [0.1, 0.15) is 31.1 Å². The van der Waals surface area contributed by atoms with Crippen molar-refractivity contribution in [2.75, 3.05) is 6.61 Å². The molecule has 0 bridgehead atoms. The van der Waals surface area contributed by atoms with Gasteiger partial charge in [-0.1, -0.05) is 15.9 Å². The molecule has 1 aliphatic rings. The maximum absolute atomic E-state index is 12.4. The SMILES string of the molecule is CC1(C)OCC(C)(C(=O)NNC(=O)c2ccc(Br)cc2)N1C(=O)O. The van der Waals surface area contributed by atoms with Crippen molar-refractivity contribution < 1.29 is 24.2 Å². The van der Waals surface area contributed by atoms with Gasteiger partial charge in [0.05, 0.1) is 6.61 Å². The van der Waals surface area contributed by atoms with Crippen LogP contribution in [0.3, 0.4) is 0 Å². The Kier molecular flexibility index (Phi) is 4.86. The summed E-state index contributed by atoms with van der Waals surface area (Å²) in [6.45, 7) is 4.43. The number of carboxylic acid groups (broad SMARTS) is 1. The molecule has 0 saturated carbocycles. The molecule has 1 aromatic rings. The molecule has 1 aromatic carbocycles. The van der Waals surface area contributed by atoms with E-state index in [9.17, 15) is 19.5 Å². The van der Waals surface area contributed by atoms with Gasteiger partial charge in [0, 0.05) is 10.0 Å². The summed E-state index contributed by atoms with van der Waals surface area (Å²) in [7, 11) is 0. The number of nitrogens with one attached hydrogen (secondary N) is 2. The average molecular weight is 400 g/mol. The van der Waals surface area contributed by atoms with Crippen molar-refractivity contribution in [2.24, 2.45) is 0 Å². The van der Waals surface area contributed by atoms with Crippen LogP contribution in [0.4, 0.5) is 4.79 Å². The fraction of sp³-hybridized carbons (Fsp3) is 0.400. The number of nitrogens with zero attached hydrogens (tertiary/aromatic N) is 1. The number of hydrogen-bond acceptors (Lipinski definition) is 4. The summed E-state index contributed by atoms with van der Waals surface area (Å²) in [6, 6.07) is 6.55. The monoisotopic (exact) mass is 399 g/mol. The quantitative estimate of drug-likeness (QED) is 0.656. The van der Waals surface area contributed by atoms with Crippen molar-refractivity contribution in [3.05, 3.63) is 34.3 Å². The minimum atomic E-state index is -1.46. The number of hydrogen-bond donors (Lipinski definition) is 3. The minimum absolute atomic E-state index is 0.119. The van der Waals surface area contributed by atoms with Crippen LogP contribution in [0.2, 0.25) is 0 Å². The number of ether oxygens (including phenoxy) is 1. The second-order valence-corrected chi connectivity index (χ2v) is 6.96. The normalized spacial score (nSPS) is 22.1. The largest absolute Gasteiger partial charge is 0.465 e. The second kappa shape index (κ2) is 6.40. The van der Waals surface area contributed by atoms with Crippen LogP contribution in [0.15, 0.2) is 28.7 Å². The topological polar surface area (TPSA) is 108 Å². The lowest BCUT2D eigenvalue weighted by Gasteiger charge is -2.36. The van der Waals surface area contributed by atoms with Gasteiger partial charge in [-0.2, -0.15) is 0 Å². The van der Waals surface area contributed by atoms with Gasteiger partial charge in [-0.05, 0) is 45.0 Å². The third-order valence-corrected chi connectivity index (χ3v) is 4.34. The van der Waals surface area contributed by atoms with Crippen molar-refractivity contribution >= 4 is 33.8 Å². The van der Waals surface area contributed by atoms with Crippen molar-refractivity contribution in [1.29, 1.82) is 0 Å². The van der Waals surface area contributed by atoms with E-state index in [0.717, 1.165) is 9.37 Å². The Balaban J connectivity index is 2.07. The standard InChI is InChI=1S/C15H18BrN3O5/c1-14(2)19(13(22)23)15(3,8-24-14)12(21)18-17-11(20)9-4-6-10(16)7-5-9/h4-7H,8H2,1-3H3,(H,17,20)(H,18,21)(H,22,23). The highest BCUT2D eigenvalue weighted by molar-refractivity contribution is 9.10. The summed E-state index contributed by atoms with van der Waals surface area (Å²) in [5.41, 5.74) is 2.29. The van der Waals surface area contributed by atoms with Crippen molar-refractivity contribution in [3.8, 4) is 0 Å². The number of benzene rings is 1. The first kappa shape index (κ1) is 18.2. The number of carbonyl (C=O) groups is 3. The van der Waals surface area contributed by atoms with Crippen LogP contribution in [-0.2, 0) is 9.53 Å². The zero-order chi connectivity index (χ0) is 18.1. The molecule has 24 heavy (non-hydrogen) atoms. The minimum Gasteiger partial charge on any atom is -0.465 e. The first-order valence-corrected chi connectivity index (χ1v) is 7.91. The van der Waals surface area contributed by atoms with Gasteiger partial charge in [0.25, 0.3) is 11.8 Å². The van der Waals surface area contributed by atoms with Gasteiger partial charge in [0.1, 0.15) is 11.3 Å². The molecule has 3 amide bonds. The third-order valence-electron chi connectivity index (χ3n) is 3.81. The Morgan fingerprint density at radius 1 is 1.17 bits per heavy atom. The predicted octanol–water partition coefficient (Wildman–Crippen LogP) is 1.72. The number of amides is 3. The molecule has 8 nitrogen and oxygen atoms in total. The Morgan fingerprint density at radius 3 is 2.29 bits per heavy atom. The van der Waals surface area contributed by atoms with Gasteiger partial charge in [-0.25, -0.2) is 4.79 Å². The molecule has 2 rings (SSSR count). The number of carbonyl (C=O) groups excluding carboxylic acids is 2. The molecule has 0 aliphatic carbocycles. The van der Waals surface area contributed by atoms with Crippen LogP contribution in [-0.4, -0.2) is 45.8 Å². The fourth-order valence-electron chi connectivity index (χ4n) is 2.57. The molecule has 0 spiro atoms. The molecular weight excluding hydrogens is 382 g/mol. The molecular formula is C15H18BrN3O5. The number of halogens is 1. The van der Waals surface area contributed by atoms with Gasteiger partial charge in [0.2, 0.25) is 0 Å². The van der Waals surface area contributed by atoms with E-state index in [1.54, 1.807) is 38.1 Å². The Morgan fingerprint density at radius 2 is 1.75 bits per heavy atom. The summed E-state index contributed by atoms with van der Waals surface area (Å²) in [6.07, 6.45) is -1.28. The summed E-state index contributed by atoms with van der Waals surface area (Å²) in [5.74, 6) is -1.19. The second-order valence-electron chi connectivity index (χ2n) is 6.04. The number of rotatable bonds is 2. The molecule has 1 heterocycles. The summed E-state index contributed by atoms with van der Waals surface area (Å²) in [4.78, 5) is 36.9. The molecule has 0 radical (unpaired) electrons. The fourth-order valence-corrected chi connectivity index (χ4v) is 2.83. The maximum Gasteiger partial charge on any atom is 0.410 e. The summed E-state index contributed by atoms with van der Waals surface area (Å²) in [5, 5.41) is 9.39. The zero-order valence-corrected chi connectivity index (χ0v) is 15.0. The van der Waals surface area contributed by atoms with Gasteiger partial charge < -0.3 is 9.84 Å². The van der Waals surface area contributed by atoms with E-state index in [1.165, 1.54) is 6.92 Å². The lowest BCUT2D eigenvalue weighted by atomic mass is 10.0. The first-order valence-electron chi connectivity index (χ1n) is 7.11. The molecule has 1 unspecified atom stereocenters. The lowest BCUT2D eigenvalue weighted by Crippen LogP contribution is -2.63. The summed E-state index contributed by atoms with van der Waals surface area (Å²) < 4.78 is 6.24. The van der Waals surface area contributed by atoms with Gasteiger partial charge in [0.15, 0.2) is 0 Å². The predicted molar refractivity (Wildman–Crippen MR) is 88.1 cm³/mol. The van der Waals surface area contributed by atoms with Crippen molar-refractivity contribution in [3.63, 3.8) is 0 Å². The van der Waals surface area contributed by atoms with Crippen LogP contribution < -0.4 is 10.9 Å². The van der Waals surface area contributed by atoms with Gasteiger partial charge in [-0.3, -0.25) is 25.3 Å². The summed E-state index contributed by atoms with van der Waals surface area (Å²) >= 11 is 3.26. The van der Waals surface area contributed by atoms with E-state index in [0.29, 0.717) is 5.56 Å². The van der Waals surface area contributed by atoms with Crippen LogP contribution >= 0.6 is 15.9 Å². The molecule has 130 valence electrons. The molecule has 1 aliphatic heterocycles. The smallest absolute Gasteiger partial charge is 0.410 e. The number of hydrazine groups is 1. The van der Waals surface area contributed by atoms with E-state index < -0.39 is 29.2 Å². The molecule has 1 saturated heterocycles. The maximum atomic E-state index is 12.4. The van der Waals surface area contributed by atoms with Crippen molar-refractivity contribution in [1.82, 2.24) is 15.8 Å².